The first-order valence-electron chi connectivity index (χ1n) is 5.85. The van der Waals surface area contributed by atoms with Gasteiger partial charge in [0.1, 0.15) is 5.78 Å². The third kappa shape index (κ3) is 2.47. The Hall–Kier alpha value is -1.11. The molecule has 2 atom stereocenters. The van der Waals surface area contributed by atoms with E-state index in [9.17, 15) is 4.79 Å². The lowest BCUT2D eigenvalue weighted by Crippen LogP contribution is -2.09. The normalized spacial score (nSPS) is 23.0. The maximum Gasteiger partial charge on any atom is 0.135 e. The van der Waals surface area contributed by atoms with Gasteiger partial charge >= 0.3 is 0 Å². The van der Waals surface area contributed by atoms with Gasteiger partial charge in [0.05, 0.1) is 0 Å². The maximum atomic E-state index is 11.5. The lowest BCUT2D eigenvalue weighted by Gasteiger charge is -2.15. The second-order valence-corrected chi connectivity index (χ2v) is 4.60. The summed E-state index contributed by atoms with van der Waals surface area (Å²) in [6.45, 7) is 2.22. The first-order valence-corrected chi connectivity index (χ1v) is 5.85. The standard InChI is InChI=1S/C14H18O/c1-11(12-6-3-2-4-7-12)10-13-8-5-9-14(13)15/h2-4,6-7,11,13H,5,8-10H2,1H3. The lowest BCUT2D eigenvalue weighted by molar-refractivity contribution is -0.120. The van der Waals surface area contributed by atoms with Crippen molar-refractivity contribution in [2.24, 2.45) is 5.92 Å². The van der Waals surface area contributed by atoms with E-state index in [-0.39, 0.29) is 0 Å². The average molecular weight is 202 g/mol. The predicted molar refractivity (Wildman–Crippen MR) is 61.8 cm³/mol. The van der Waals surface area contributed by atoms with Gasteiger partial charge in [-0.05, 0) is 30.7 Å². The molecule has 0 N–H and O–H groups in total. The van der Waals surface area contributed by atoms with Crippen molar-refractivity contribution >= 4 is 5.78 Å². The molecule has 0 amide bonds. The molecule has 0 aliphatic heterocycles. The van der Waals surface area contributed by atoms with Crippen molar-refractivity contribution in [3.63, 3.8) is 0 Å². The number of Topliss-reactive ketones (excluding diaryl/α,β-unsaturated/α-hetero) is 1. The molecule has 0 radical (unpaired) electrons. The van der Waals surface area contributed by atoms with Gasteiger partial charge < -0.3 is 0 Å². The van der Waals surface area contributed by atoms with Crippen LogP contribution in [0, 0.1) is 5.92 Å². The number of ketones is 1. The molecule has 80 valence electrons. The summed E-state index contributed by atoms with van der Waals surface area (Å²) >= 11 is 0. The van der Waals surface area contributed by atoms with E-state index in [4.69, 9.17) is 0 Å². The number of hydrogen-bond donors (Lipinski definition) is 0. The maximum absolute atomic E-state index is 11.5. The van der Waals surface area contributed by atoms with E-state index >= 15 is 0 Å². The second-order valence-electron chi connectivity index (χ2n) is 4.60. The Morgan fingerprint density at radius 2 is 2.07 bits per heavy atom. The Kier molecular flexibility index (Phi) is 3.20. The molecular weight excluding hydrogens is 184 g/mol. The molecule has 1 saturated carbocycles. The van der Waals surface area contributed by atoms with E-state index in [0.717, 1.165) is 25.7 Å². The average Bonchev–Trinajstić information content (AvgIpc) is 2.66. The van der Waals surface area contributed by atoms with Crippen molar-refractivity contribution in [2.45, 2.75) is 38.5 Å². The number of carbonyl (C=O) groups is 1. The molecule has 2 unspecified atom stereocenters. The number of rotatable bonds is 3. The highest BCUT2D eigenvalue weighted by Gasteiger charge is 2.26. The van der Waals surface area contributed by atoms with Gasteiger partial charge in [0.25, 0.3) is 0 Å². The van der Waals surface area contributed by atoms with E-state index in [1.807, 2.05) is 6.07 Å². The van der Waals surface area contributed by atoms with Crippen LogP contribution in [0.4, 0.5) is 0 Å². The Bertz CT molecular complexity index is 328. The molecule has 0 aromatic heterocycles. The minimum Gasteiger partial charge on any atom is -0.299 e. The molecule has 0 heterocycles. The molecule has 1 fully saturated rings. The topological polar surface area (TPSA) is 17.1 Å². The quantitative estimate of drug-likeness (QED) is 0.732. The van der Waals surface area contributed by atoms with Gasteiger partial charge in [-0.3, -0.25) is 4.79 Å². The monoisotopic (exact) mass is 202 g/mol. The number of hydrogen-bond acceptors (Lipinski definition) is 1. The SMILES string of the molecule is CC(CC1CCCC1=O)c1ccccc1. The molecule has 1 aromatic rings. The predicted octanol–water partition coefficient (Wildman–Crippen LogP) is 3.55. The van der Waals surface area contributed by atoms with E-state index in [1.165, 1.54) is 5.56 Å². The fourth-order valence-electron chi connectivity index (χ4n) is 2.48. The molecule has 1 aromatic carbocycles. The van der Waals surface area contributed by atoms with Gasteiger partial charge in [0.2, 0.25) is 0 Å². The van der Waals surface area contributed by atoms with Crippen molar-refractivity contribution in [3.8, 4) is 0 Å². The van der Waals surface area contributed by atoms with Gasteiger partial charge in [-0.1, -0.05) is 37.3 Å². The zero-order valence-corrected chi connectivity index (χ0v) is 9.28. The van der Waals surface area contributed by atoms with Crippen molar-refractivity contribution < 1.29 is 4.79 Å². The van der Waals surface area contributed by atoms with E-state index in [1.54, 1.807) is 0 Å². The highest BCUT2D eigenvalue weighted by Crippen LogP contribution is 2.31. The summed E-state index contributed by atoms with van der Waals surface area (Å²) < 4.78 is 0. The summed E-state index contributed by atoms with van der Waals surface area (Å²) in [5, 5.41) is 0. The zero-order chi connectivity index (χ0) is 10.7. The van der Waals surface area contributed by atoms with E-state index in [2.05, 4.69) is 31.2 Å². The molecule has 0 spiro atoms. The van der Waals surface area contributed by atoms with E-state index < -0.39 is 0 Å². The smallest absolute Gasteiger partial charge is 0.135 e. The minimum absolute atomic E-state index is 0.334. The second kappa shape index (κ2) is 4.61. The summed E-state index contributed by atoms with van der Waals surface area (Å²) in [5.41, 5.74) is 1.36. The van der Waals surface area contributed by atoms with Crippen molar-refractivity contribution in [1.82, 2.24) is 0 Å². The van der Waals surface area contributed by atoms with Crippen LogP contribution in [0.1, 0.15) is 44.1 Å². The summed E-state index contributed by atoms with van der Waals surface area (Å²) in [6, 6.07) is 10.5. The van der Waals surface area contributed by atoms with Crippen LogP contribution in [-0.2, 0) is 4.79 Å². The fraction of sp³-hybridized carbons (Fsp3) is 0.500. The Labute approximate surface area is 91.5 Å². The van der Waals surface area contributed by atoms with Crippen LogP contribution in [0.25, 0.3) is 0 Å². The number of benzene rings is 1. The third-order valence-electron chi connectivity index (χ3n) is 3.44. The molecule has 1 heteroatoms. The highest BCUT2D eigenvalue weighted by molar-refractivity contribution is 5.82. The van der Waals surface area contributed by atoms with Crippen molar-refractivity contribution in [1.29, 1.82) is 0 Å². The summed E-state index contributed by atoms with van der Waals surface area (Å²) in [6.07, 6.45) is 4.05. The van der Waals surface area contributed by atoms with Crippen molar-refractivity contribution in [2.75, 3.05) is 0 Å². The summed E-state index contributed by atoms with van der Waals surface area (Å²) in [5.74, 6) is 1.33. The zero-order valence-electron chi connectivity index (χ0n) is 9.28. The Morgan fingerprint density at radius 1 is 1.33 bits per heavy atom. The third-order valence-corrected chi connectivity index (χ3v) is 3.44. The van der Waals surface area contributed by atoms with Crippen LogP contribution in [0.2, 0.25) is 0 Å². The minimum atomic E-state index is 0.334. The van der Waals surface area contributed by atoms with Gasteiger partial charge in [-0.25, -0.2) is 0 Å². The van der Waals surface area contributed by atoms with Crippen LogP contribution in [0.5, 0.6) is 0 Å². The molecule has 15 heavy (non-hydrogen) atoms. The molecule has 1 aliphatic carbocycles. The highest BCUT2D eigenvalue weighted by atomic mass is 16.1. The number of carbonyl (C=O) groups excluding carboxylic acids is 1. The largest absolute Gasteiger partial charge is 0.299 e. The molecule has 2 rings (SSSR count). The Morgan fingerprint density at radius 3 is 2.67 bits per heavy atom. The van der Waals surface area contributed by atoms with E-state index in [0.29, 0.717) is 17.6 Å². The first kappa shape index (κ1) is 10.4. The molecule has 1 aliphatic rings. The van der Waals surface area contributed by atoms with Gasteiger partial charge in [-0.15, -0.1) is 0 Å². The van der Waals surface area contributed by atoms with Gasteiger partial charge in [0, 0.05) is 12.3 Å². The van der Waals surface area contributed by atoms with Crippen LogP contribution in [0.3, 0.4) is 0 Å². The van der Waals surface area contributed by atoms with Crippen LogP contribution in [-0.4, -0.2) is 5.78 Å². The van der Waals surface area contributed by atoms with Crippen LogP contribution >= 0.6 is 0 Å². The first-order chi connectivity index (χ1) is 7.27. The van der Waals surface area contributed by atoms with Gasteiger partial charge in [-0.2, -0.15) is 0 Å². The molecule has 1 nitrogen and oxygen atoms in total. The fourth-order valence-corrected chi connectivity index (χ4v) is 2.48. The molecular formula is C14H18O. The Balaban J connectivity index is 1.98. The van der Waals surface area contributed by atoms with Crippen LogP contribution in [0.15, 0.2) is 30.3 Å². The van der Waals surface area contributed by atoms with Crippen LogP contribution < -0.4 is 0 Å². The molecule has 0 bridgehead atoms. The van der Waals surface area contributed by atoms with Crippen molar-refractivity contribution in [3.05, 3.63) is 35.9 Å². The molecule has 0 saturated heterocycles. The lowest BCUT2D eigenvalue weighted by atomic mass is 9.89. The summed E-state index contributed by atoms with van der Waals surface area (Å²) in [7, 11) is 0. The van der Waals surface area contributed by atoms with Gasteiger partial charge in [0.15, 0.2) is 0 Å². The summed E-state index contributed by atoms with van der Waals surface area (Å²) in [4.78, 5) is 11.5.